The van der Waals surface area contributed by atoms with Crippen LogP contribution in [0.15, 0.2) is 23.2 Å². The first-order chi connectivity index (χ1) is 14.0. The maximum atomic E-state index is 12.1. The lowest BCUT2D eigenvalue weighted by molar-refractivity contribution is -0.127. The number of aryl methyl sites for hydroxylation is 1. The van der Waals surface area contributed by atoms with E-state index in [9.17, 15) is 23.3 Å². The lowest BCUT2D eigenvalue weighted by Crippen LogP contribution is -2.44. The van der Waals surface area contributed by atoms with Crippen LogP contribution in [0.4, 0.5) is 0 Å². The summed E-state index contributed by atoms with van der Waals surface area (Å²) in [6, 6.07) is 4.02. The second-order valence-corrected chi connectivity index (χ2v) is 9.57. The molecule has 0 saturated carbocycles. The first kappa shape index (κ1) is 25.5. The fourth-order valence-electron chi connectivity index (χ4n) is 2.59. The van der Waals surface area contributed by atoms with Gasteiger partial charge in [-0.3, -0.25) is 14.6 Å². The molecule has 3 N–H and O–H groups in total. The van der Waals surface area contributed by atoms with Crippen molar-refractivity contribution in [2.45, 2.75) is 57.9 Å². The molecule has 0 spiro atoms. The van der Waals surface area contributed by atoms with Crippen LogP contribution in [0.3, 0.4) is 0 Å². The Morgan fingerprint density at radius 3 is 2.60 bits per heavy atom. The summed E-state index contributed by atoms with van der Waals surface area (Å²) in [5.74, 6) is -0.265. The molecule has 0 radical (unpaired) electrons. The van der Waals surface area contributed by atoms with Gasteiger partial charge in [-0.25, -0.2) is 13.1 Å². The molecule has 172 valence electrons. The monoisotopic (exact) mass is 443 g/mol. The Balaban J connectivity index is -0.00000119. The molecule has 2 atom stereocenters. The summed E-state index contributed by atoms with van der Waals surface area (Å²) in [7, 11) is -3.87. The lowest BCUT2D eigenvalue weighted by atomic mass is 9.92. The minimum absolute atomic E-state index is 0. The number of carbonyl (C=O) groups excluding carboxylic acids is 2. The third kappa shape index (κ3) is 9.33. The topological polar surface area (TPSA) is 141 Å². The van der Waals surface area contributed by atoms with Crippen molar-refractivity contribution in [2.75, 3.05) is 13.1 Å². The highest BCUT2D eigenvalue weighted by Gasteiger charge is 2.26. The maximum absolute atomic E-state index is 12.1. The van der Waals surface area contributed by atoms with Gasteiger partial charge >= 0.3 is 0 Å². The van der Waals surface area contributed by atoms with Gasteiger partial charge in [-0.15, -0.1) is 0 Å². The van der Waals surface area contributed by atoms with Crippen molar-refractivity contribution < 1.29 is 22.3 Å². The van der Waals surface area contributed by atoms with Crippen LogP contribution in [0.1, 0.15) is 50.0 Å². The predicted octanol–water partition coefficient (Wildman–Crippen LogP) is 1.99. The van der Waals surface area contributed by atoms with Crippen LogP contribution in [-0.4, -0.2) is 44.3 Å². The van der Waals surface area contributed by atoms with Gasteiger partial charge in [-0.05, 0) is 44.2 Å². The molecule has 30 heavy (non-hydrogen) atoms. The molecule has 0 bridgehead atoms. The average Bonchev–Trinajstić information content (AvgIpc) is 2.67. The molecule has 2 rings (SSSR count). The summed E-state index contributed by atoms with van der Waals surface area (Å²) in [5.41, 5.74) is 0.672. The zero-order valence-corrected chi connectivity index (χ0v) is 18.8. The van der Waals surface area contributed by atoms with Crippen molar-refractivity contribution in [1.29, 1.82) is 5.26 Å². The second kappa shape index (κ2) is 12.2. The number of amides is 2. The van der Waals surface area contributed by atoms with Crippen LogP contribution in [-0.2, 0) is 19.6 Å². The molecule has 0 aliphatic carbocycles. The number of hydrogen-bond donors (Lipinski definition) is 3. The van der Waals surface area contributed by atoms with E-state index in [0.29, 0.717) is 18.7 Å². The van der Waals surface area contributed by atoms with E-state index in [1.54, 1.807) is 13.0 Å². The van der Waals surface area contributed by atoms with E-state index in [2.05, 4.69) is 41.1 Å². The van der Waals surface area contributed by atoms with E-state index >= 15 is 0 Å². The normalized spacial score (nSPS) is 17.2. The van der Waals surface area contributed by atoms with Crippen LogP contribution in [0, 0.1) is 30.1 Å². The van der Waals surface area contributed by atoms with Gasteiger partial charge in [0, 0.05) is 28.6 Å². The van der Waals surface area contributed by atoms with Crippen LogP contribution in [0.5, 0.6) is 0 Å². The molecule has 1 aliphatic heterocycles. The van der Waals surface area contributed by atoms with Crippen molar-refractivity contribution in [3.8, 4) is 6.07 Å². The summed E-state index contributed by atoms with van der Waals surface area (Å²) in [6.45, 7) is 8.34. The van der Waals surface area contributed by atoms with E-state index in [-0.39, 0.29) is 27.4 Å². The number of carbonyl (C=O) groups is 2. The molecule has 1 saturated heterocycles. The van der Waals surface area contributed by atoms with Crippen molar-refractivity contribution in [3.63, 3.8) is 0 Å². The molecule has 10 heteroatoms. The molecule has 1 fully saturated rings. The summed E-state index contributed by atoms with van der Waals surface area (Å²) in [4.78, 5) is 27.6. The lowest BCUT2D eigenvalue weighted by Gasteiger charge is -2.23. The number of aromatic nitrogens is 1. The Morgan fingerprint density at radius 1 is 1.40 bits per heavy atom. The fraction of sp³-hybridized carbons (Fsp3) is 0.600. The van der Waals surface area contributed by atoms with Gasteiger partial charge in [0.2, 0.25) is 21.8 Å². The van der Waals surface area contributed by atoms with Gasteiger partial charge in [0.25, 0.3) is 0 Å². The third-order valence-electron chi connectivity index (χ3n) is 4.03. The fourth-order valence-corrected chi connectivity index (χ4v) is 3.52. The van der Waals surface area contributed by atoms with Crippen LogP contribution < -0.4 is 15.4 Å². The van der Waals surface area contributed by atoms with Crippen molar-refractivity contribution in [1.82, 2.24) is 20.3 Å². The molecule has 9 nitrogen and oxygen atoms in total. The van der Waals surface area contributed by atoms with Crippen LogP contribution >= 0.6 is 0 Å². The number of pyridine rings is 1. The Hall–Kier alpha value is -2.51. The van der Waals surface area contributed by atoms with Gasteiger partial charge in [0.15, 0.2) is 0 Å². The highest BCUT2D eigenvalue weighted by Crippen LogP contribution is 2.17. The van der Waals surface area contributed by atoms with E-state index in [1.807, 2.05) is 6.07 Å². The first-order valence-electron chi connectivity index (χ1n) is 9.94. The molecule has 1 aliphatic rings. The van der Waals surface area contributed by atoms with E-state index < -0.39 is 28.5 Å². The molecule has 2 amide bonds. The summed E-state index contributed by atoms with van der Waals surface area (Å²) in [5, 5.41) is 14.3. The van der Waals surface area contributed by atoms with Crippen molar-refractivity contribution in [2.24, 2.45) is 11.8 Å². The molecular weight excluding hydrogens is 406 g/mol. The van der Waals surface area contributed by atoms with E-state index in [1.165, 1.54) is 12.3 Å². The number of nitrogens with one attached hydrogen (secondary N) is 3. The minimum Gasteiger partial charge on any atom is -0.356 e. The number of nitriles is 1. The maximum Gasteiger partial charge on any atom is 0.242 e. The van der Waals surface area contributed by atoms with Crippen LogP contribution in [0.25, 0.3) is 0 Å². The molecule has 2 heterocycles. The Morgan fingerprint density at radius 2 is 2.07 bits per heavy atom. The minimum atomic E-state index is -3.87. The highest BCUT2D eigenvalue weighted by atomic mass is 32.2. The highest BCUT2D eigenvalue weighted by molar-refractivity contribution is 7.89. The van der Waals surface area contributed by atoms with E-state index in [0.717, 1.165) is 12.3 Å². The average molecular weight is 444 g/mol. The van der Waals surface area contributed by atoms with Gasteiger partial charge < -0.3 is 10.6 Å². The van der Waals surface area contributed by atoms with Gasteiger partial charge in [0.05, 0.1) is 12.6 Å². The zero-order valence-electron chi connectivity index (χ0n) is 17.9. The van der Waals surface area contributed by atoms with Crippen molar-refractivity contribution in [3.05, 3.63) is 24.0 Å². The zero-order chi connectivity index (χ0) is 22.7. The first-order valence-corrected chi connectivity index (χ1v) is 11.4. The second-order valence-electron chi connectivity index (χ2n) is 7.81. The molecule has 1 aromatic heterocycles. The summed E-state index contributed by atoms with van der Waals surface area (Å²) in [6.07, 6.45) is 2.89. The molecule has 0 aromatic carbocycles. The Bertz CT molecular complexity index is 859. The molecular formula is C20H37N5O4S. The van der Waals surface area contributed by atoms with Crippen molar-refractivity contribution >= 4 is 21.8 Å². The molecule has 0 unspecified atom stereocenters. The van der Waals surface area contributed by atoms with Crippen LogP contribution in [0.2, 0.25) is 0 Å². The summed E-state index contributed by atoms with van der Waals surface area (Å²) >= 11 is 0. The smallest absolute Gasteiger partial charge is 0.242 e. The van der Waals surface area contributed by atoms with Gasteiger partial charge in [-0.2, -0.15) is 5.26 Å². The number of rotatable bonds is 7. The standard InChI is InChI=1S/C16H21N5O4S.C4H10.3H2/c1-11-4-5-14(9-19-11)26(24,25)20-10-15(22)21-13(8-17)7-12-3-2-6-18-16(12)23;1-4(2)3;;;/h4-5,9,12-13,20H,2-3,6-7,10H2,1H3,(H,18,23)(H,21,22);4H,1-3H3;3*1H/t12-,13-;;;;/m0..../s1. The Labute approximate surface area is 183 Å². The van der Waals surface area contributed by atoms with Gasteiger partial charge in [0.1, 0.15) is 10.9 Å². The largest absolute Gasteiger partial charge is 0.356 e. The van der Waals surface area contributed by atoms with E-state index in [4.69, 9.17) is 0 Å². The quantitative estimate of drug-likeness (QED) is 0.588. The van der Waals surface area contributed by atoms with Gasteiger partial charge in [-0.1, -0.05) is 20.8 Å². The summed E-state index contributed by atoms with van der Waals surface area (Å²) < 4.78 is 26.4. The SMILES string of the molecule is CC(C)C.Cc1ccc(S(=O)(=O)NCC(=O)N[C@H](C#N)C[C@@H]2CCCNC2=O)cn1.[HH].[HH].[HH]. The number of sulfonamides is 1. The number of piperidine rings is 1. The number of nitrogens with zero attached hydrogens (tertiary/aromatic N) is 2. The predicted molar refractivity (Wildman–Crippen MR) is 119 cm³/mol. The third-order valence-corrected chi connectivity index (χ3v) is 5.41. The Kier molecular flexibility index (Phi) is 10.4. The molecule has 1 aromatic rings. The number of hydrogen-bond acceptors (Lipinski definition) is 6.